The van der Waals surface area contributed by atoms with E-state index < -0.39 is 0 Å². The quantitative estimate of drug-likeness (QED) is 0.849. The van der Waals surface area contributed by atoms with E-state index in [9.17, 15) is 4.39 Å². The van der Waals surface area contributed by atoms with E-state index in [2.05, 4.69) is 10.3 Å². The largest absolute Gasteiger partial charge is 0.396 e. The minimum absolute atomic E-state index is 0.169. The highest BCUT2D eigenvalue weighted by Crippen LogP contribution is 2.15. The third kappa shape index (κ3) is 2.93. The Morgan fingerprint density at radius 1 is 1.24 bits per heavy atom. The first-order valence-electron chi connectivity index (χ1n) is 5.44. The fourth-order valence-electron chi connectivity index (χ4n) is 1.60. The van der Waals surface area contributed by atoms with Crippen LogP contribution in [-0.2, 0) is 6.42 Å². The minimum atomic E-state index is -0.169. The summed E-state index contributed by atoms with van der Waals surface area (Å²) in [6.45, 7) is 0.634. The summed E-state index contributed by atoms with van der Waals surface area (Å²) in [6, 6.07) is 8.58. The third-order valence-electron chi connectivity index (χ3n) is 2.52. The number of halogens is 1. The van der Waals surface area contributed by atoms with Crippen LogP contribution in [0.1, 0.15) is 5.56 Å². The van der Waals surface area contributed by atoms with Crippen LogP contribution in [0.3, 0.4) is 0 Å². The van der Waals surface area contributed by atoms with Crippen LogP contribution in [0.15, 0.2) is 42.7 Å². The van der Waals surface area contributed by atoms with Gasteiger partial charge in [0, 0.05) is 12.7 Å². The molecule has 0 unspecified atom stereocenters. The van der Waals surface area contributed by atoms with Crippen LogP contribution < -0.4 is 11.1 Å². The summed E-state index contributed by atoms with van der Waals surface area (Å²) in [5.41, 5.74) is 7.86. The average molecular weight is 231 g/mol. The lowest BCUT2D eigenvalue weighted by Crippen LogP contribution is -2.07. The number of hydrogen-bond acceptors (Lipinski definition) is 3. The molecule has 2 aromatic rings. The zero-order valence-corrected chi connectivity index (χ0v) is 9.36. The second-order valence-electron chi connectivity index (χ2n) is 3.73. The number of aromatic nitrogens is 1. The molecule has 3 N–H and O–H groups in total. The number of nitrogen functional groups attached to an aromatic ring is 1. The molecule has 3 nitrogen and oxygen atoms in total. The SMILES string of the molecule is Nc1cnccc1NCCc1ccccc1F. The van der Waals surface area contributed by atoms with Crippen molar-refractivity contribution in [3.63, 3.8) is 0 Å². The number of anilines is 2. The molecule has 0 atom stereocenters. The van der Waals surface area contributed by atoms with Gasteiger partial charge < -0.3 is 11.1 Å². The van der Waals surface area contributed by atoms with E-state index in [1.165, 1.54) is 6.07 Å². The molecule has 0 fully saturated rings. The van der Waals surface area contributed by atoms with Gasteiger partial charge in [0.05, 0.1) is 17.6 Å². The maximum atomic E-state index is 13.3. The summed E-state index contributed by atoms with van der Waals surface area (Å²) in [5.74, 6) is -0.169. The van der Waals surface area contributed by atoms with Gasteiger partial charge in [-0.1, -0.05) is 18.2 Å². The summed E-state index contributed by atoms with van der Waals surface area (Å²) >= 11 is 0. The average Bonchev–Trinajstić information content (AvgIpc) is 2.34. The zero-order chi connectivity index (χ0) is 12.1. The van der Waals surface area contributed by atoms with Gasteiger partial charge in [-0.15, -0.1) is 0 Å². The Labute approximate surface area is 99.5 Å². The lowest BCUT2D eigenvalue weighted by atomic mass is 10.1. The van der Waals surface area contributed by atoms with E-state index in [1.54, 1.807) is 30.6 Å². The number of rotatable bonds is 4. The Morgan fingerprint density at radius 3 is 2.82 bits per heavy atom. The van der Waals surface area contributed by atoms with E-state index in [-0.39, 0.29) is 5.82 Å². The fourth-order valence-corrected chi connectivity index (χ4v) is 1.60. The molecule has 0 aliphatic carbocycles. The lowest BCUT2D eigenvalue weighted by Gasteiger charge is -2.08. The molecular formula is C13H14FN3. The second-order valence-corrected chi connectivity index (χ2v) is 3.73. The maximum absolute atomic E-state index is 13.3. The van der Waals surface area contributed by atoms with E-state index >= 15 is 0 Å². The minimum Gasteiger partial charge on any atom is -0.396 e. The van der Waals surface area contributed by atoms with Crippen LogP contribution in [0.2, 0.25) is 0 Å². The molecule has 4 heteroatoms. The fraction of sp³-hybridized carbons (Fsp3) is 0.154. The van der Waals surface area contributed by atoms with Crippen molar-refractivity contribution in [3.05, 3.63) is 54.1 Å². The number of nitrogens with zero attached hydrogens (tertiary/aromatic N) is 1. The summed E-state index contributed by atoms with van der Waals surface area (Å²) < 4.78 is 13.3. The molecule has 0 aliphatic heterocycles. The van der Waals surface area contributed by atoms with Crippen molar-refractivity contribution in [1.82, 2.24) is 4.98 Å². The molecule has 1 heterocycles. The van der Waals surface area contributed by atoms with Crippen molar-refractivity contribution >= 4 is 11.4 Å². The number of pyridine rings is 1. The molecular weight excluding hydrogens is 217 g/mol. The molecule has 2 rings (SSSR count). The normalized spacial score (nSPS) is 10.2. The molecule has 0 saturated heterocycles. The van der Waals surface area contributed by atoms with Gasteiger partial charge in [0.2, 0.25) is 0 Å². The van der Waals surface area contributed by atoms with Gasteiger partial charge in [-0.05, 0) is 24.1 Å². The van der Waals surface area contributed by atoms with Crippen LogP contribution in [0, 0.1) is 5.82 Å². The topological polar surface area (TPSA) is 50.9 Å². The Bertz CT molecular complexity index is 454. The third-order valence-corrected chi connectivity index (χ3v) is 2.52. The Hall–Kier alpha value is -2.10. The van der Waals surface area contributed by atoms with E-state index in [4.69, 9.17) is 5.73 Å². The van der Waals surface area contributed by atoms with Gasteiger partial charge in [0.15, 0.2) is 0 Å². The summed E-state index contributed by atoms with van der Waals surface area (Å²) in [7, 11) is 0. The molecule has 0 saturated carbocycles. The highest BCUT2D eigenvalue weighted by Gasteiger charge is 2.01. The number of benzene rings is 1. The van der Waals surface area contributed by atoms with E-state index in [1.807, 2.05) is 6.07 Å². The Kier molecular flexibility index (Phi) is 3.55. The standard InChI is InChI=1S/C13H14FN3/c14-11-4-2-1-3-10(11)5-8-17-13-6-7-16-9-12(13)15/h1-4,6-7,9H,5,8,15H2,(H,16,17). The van der Waals surface area contributed by atoms with E-state index in [0.717, 1.165) is 5.69 Å². The van der Waals surface area contributed by atoms with E-state index in [0.29, 0.717) is 24.2 Å². The first-order valence-corrected chi connectivity index (χ1v) is 5.44. The molecule has 0 bridgehead atoms. The van der Waals surface area contributed by atoms with Crippen molar-refractivity contribution in [2.24, 2.45) is 0 Å². The van der Waals surface area contributed by atoms with Crippen LogP contribution in [0.25, 0.3) is 0 Å². The van der Waals surface area contributed by atoms with Crippen LogP contribution in [0.5, 0.6) is 0 Å². The smallest absolute Gasteiger partial charge is 0.126 e. The van der Waals surface area contributed by atoms with Crippen molar-refractivity contribution in [2.75, 3.05) is 17.6 Å². The molecule has 0 amide bonds. The lowest BCUT2D eigenvalue weighted by molar-refractivity contribution is 0.610. The van der Waals surface area contributed by atoms with Gasteiger partial charge in [0.25, 0.3) is 0 Å². The highest BCUT2D eigenvalue weighted by molar-refractivity contribution is 5.64. The molecule has 0 aliphatic rings. The van der Waals surface area contributed by atoms with Crippen molar-refractivity contribution in [2.45, 2.75) is 6.42 Å². The molecule has 88 valence electrons. The highest BCUT2D eigenvalue weighted by atomic mass is 19.1. The predicted molar refractivity (Wildman–Crippen MR) is 67.2 cm³/mol. The van der Waals surface area contributed by atoms with Gasteiger partial charge in [-0.3, -0.25) is 4.98 Å². The molecule has 0 radical (unpaired) electrons. The molecule has 17 heavy (non-hydrogen) atoms. The number of nitrogens with two attached hydrogens (primary N) is 1. The van der Waals surface area contributed by atoms with Gasteiger partial charge in [-0.2, -0.15) is 0 Å². The number of hydrogen-bond donors (Lipinski definition) is 2. The van der Waals surface area contributed by atoms with Crippen molar-refractivity contribution in [3.8, 4) is 0 Å². The van der Waals surface area contributed by atoms with Crippen LogP contribution in [0.4, 0.5) is 15.8 Å². The number of nitrogens with one attached hydrogen (secondary N) is 1. The summed E-state index contributed by atoms with van der Waals surface area (Å²) in [4.78, 5) is 3.90. The zero-order valence-electron chi connectivity index (χ0n) is 9.36. The first-order chi connectivity index (χ1) is 8.27. The second kappa shape index (κ2) is 5.30. The molecule has 1 aromatic carbocycles. The maximum Gasteiger partial charge on any atom is 0.126 e. The van der Waals surface area contributed by atoms with Crippen LogP contribution in [-0.4, -0.2) is 11.5 Å². The molecule has 0 spiro atoms. The van der Waals surface area contributed by atoms with Crippen LogP contribution >= 0.6 is 0 Å². The van der Waals surface area contributed by atoms with Gasteiger partial charge >= 0.3 is 0 Å². The summed E-state index contributed by atoms with van der Waals surface area (Å²) in [6.07, 6.45) is 3.88. The molecule has 1 aromatic heterocycles. The predicted octanol–water partition coefficient (Wildman–Crippen LogP) is 2.46. The van der Waals surface area contributed by atoms with Crippen molar-refractivity contribution < 1.29 is 4.39 Å². The summed E-state index contributed by atoms with van der Waals surface area (Å²) in [5, 5.41) is 3.16. The Morgan fingerprint density at radius 2 is 2.06 bits per heavy atom. The Balaban J connectivity index is 1.93. The monoisotopic (exact) mass is 231 g/mol. The van der Waals surface area contributed by atoms with Crippen molar-refractivity contribution in [1.29, 1.82) is 0 Å². The van der Waals surface area contributed by atoms with Gasteiger partial charge in [-0.25, -0.2) is 4.39 Å². The van der Waals surface area contributed by atoms with Gasteiger partial charge in [0.1, 0.15) is 5.82 Å². The first kappa shape index (κ1) is 11.4.